The number of carboxylic acid groups (broad SMARTS) is 1. The molecule has 2 fully saturated rings. The van der Waals surface area contributed by atoms with E-state index in [1.165, 1.54) is 13.8 Å². The Labute approximate surface area is 121 Å². The quantitative estimate of drug-likeness (QED) is 0.623. The van der Waals surface area contributed by atoms with Crippen LogP contribution in [0.2, 0.25) is 0 Å². The minimum atomic E-state index is -1.18. The number of hydrogen-bond donors (Lipinski definition) is 3. The van der Waals surface area contributed by atoms with Crippen LogP contribution in [0.25, 0.3) is 0 Å². The summed E-state index contributed by atoms with van der Waals surface area (Å²) in [6, 6.07) is -2.71. The van der Waals surface area contributed by atoms with Crippen molar-refractivity contribution in [3.63, 3.8) is 0 Å². The first-order chi connectivity index (χ1) is 9.78. The highest BCUT2D eigenvalue weighted by Crippen LogP contribution is 2.35. The van der Waals surface area contributed by atoms with Crippen LogP contribution in [-0.4, -0.2) is 51.4 Å². The van der Waals surface area contributed by atoms with E-state index in [1.54, 1.807) is 0 Å². The molecule has 3 N–H and O–H groups in total. The Balaban J connectivity index is 2.10. The molecule has 8 nitrogen and oxygen atoms in total. The monoisotopic (exact) mass is 297 g/mol. The van der Waals surface area contributed by atoms with Gasteiger partial charge in [-0.25, -0.2) is 9.69 Å². The van der Waals surface area contributed by atoms with Crippen molar-refractivity contribution in [3.05, 3.63) is 0 Å². The third kappa shape index (κ3) is 2.57. The Morgan fingerprint density at radius 3 is 2.38 bits per heavy atom. The normalized spacial score (nSPS) is 23.0. The lowest BCUT2D eigenvalue weighted by Crippen LogP contribution is -2.52. The number of urea groups is 1. The molecule has 2 aliphatic rings. The van der Waals surface area contributed by atoms with E-state index in [0.29, 0.717) is 12.8 Å². The SMILES string of the molecule is CC(C(=O)N[C@H](C)C(=O)O)N1C(=O)NC2(CCCC2)C1=O. The van der Waals surface area contributed by atoms with Gasteiger partial charge in [-0.05, 0) is 26.7 Å². The van der Waals surface area contributed by atoms with E-state index in [-0.39, 0.29) is 0 Å². The molecule has 1 unspecified atom stereocenters. The molecule has 1 saturated carbocycles. The Hall–Kier alpha value is -2.12. The number of carboxylic acids is 1. The number of aliphatic carboxylic acids is 1. The second-order valence-corrected chi connectivity index (χ2v) is 5.64. The van der Waals surface area contributed by atoms with Gasteiger partial charge in [0.2, 0.25) is 5.91 Å². The zero-order valence-electron chi connectivity index (χ0n) is 12.0. The van der Waals surface area contributed by atoms with Crippen molar-refractivity contribution < 1.29 is 24.3 Å². The smallest absolute Gasteiger partial charge is 0.325 e. The van der Waals surface area contributed by atoms with Gasteiger partial charge in [0.1, 0.15) is 17.6 Å². The maximum absolute atomic E-state index is 12.5. The van der Waals surface area contributed by atoms with E-state index in [1.807, 2.05) is 0 Å². The fraction of sp³-hybridized carbons (Fsp3) is 0.692. The van der Waals surface area contributed by atoms with Crippen molar-refractivity contribution in [2.45, 2.75) is 57.2 Å². The lowest BCUT2D eigenvalue weighted by Gasteiger charge is -2.24. The molecule has 1 spiro atoms. The summed E-state index contributed by atoms with van der Waals surface area (Å²) in [6.07, 6.45) is 2.87. The summed E-state index contributed by atoms with van der Waals surface area (Å²) in [5.41, 5.74) is -0.871. The first kappa shape index (κ1) is 15.3. The van der Waals surface area contributed by atoms with Crippen LogP contribution in [0.15, 0.2) is 0 Å². The van der Waals surface area contributed by atoms with E-state index in [4.69, 9.17) is 5.11 Å². The van der Waals surface area contributed by atoms with Crippen LogP contribution < -0.4 is 10.6 Å². The highest BCUT2D eigenvalue weighted by Gasteiger charge is 2.54. The molecule has 1 saturated heterocycles. The number of carbonyl (C=O) groups is 4. The maximum Gasteiger partial charge on any atom is 0.325 e. The van der Waals surface area contributed by atoms with Crippen molar-refractivity contribution >= 4 is 23.8 Å². The van der Waals surface area contributed by atoms with Crippen LogP contribution in [0.4, 0.5) is 4.79 Å². The van der Waals surface area contributed by atoms with E-state index >= 15 is 0 Å². The third-order valence-electron chi connectivity index (χ3n) is 4.15. The molecule has 116 valence electrons. The number of nitrogens with zero attached hydrogens (tertiary/aromatic N) is 1. The van der Waals surface area contributed by atoms with Gasteiger partial charge in [0.15, 0.2) is 0 Å². The molecule has 2 rings (SSSR count). The van der Waals surface area contributed by atoms with Crippen LogP contribution in [0.5, 0.6) is 0 Å². The number of amides is 4. The number of carbonyl (C=O) groups excluding carboxylic acids is 3. The molecule has 21 heavy (non-hydrogen) atoms. The van der Waals surface area contributed by atoms with Gasteiger partial charge in [-0.3, -0.25) is 14.4 Å². The van der Waals surface area contributed by atoms with E-state index in [0.717, 1.165) is 17.7 Å². The summed E-state index contributed by atoms with van der Waals surface area (Å²) in [7, 11) is 0. The highest BCUT2D eigenvalue weighted by atomic mass is 16.4. The van der Waals surface area contributed by atoms with Crippen LogP contribution >= 0.6 is 0 Å². The molecule has 0 radical (unpaired) electrons. The molecule has 2 atom stereocenters. The summed E-state index contributed by atoms with van der Waals surface area (Å²) in [5, 5.41) is 13.7. The fourth-order valence-electron chi connectivity index (χ4n) is 2.82. The second kappa shape index (κ2) is 5.34. The first-order valence-corrected chi connectivity index (χ1v) is 6.97. The van der Waals surface area contributed by atoms with Gasteiger partial charge in [-0.15, -0.1) is 0 Å². The predicted molar refractivity (Wildman–Crippen MR) is 71.3 cm³/mol. The van der Waals surface area contributed by atoms with Gasteiger partial charge in [-0.2, -0.15) is 0 Å². The van der Waals surface area contributed by atoms with Gasteiger partial charge < -0.3 is 15.7 Å². The highest BCUT2D eigenvalue weighted by molar-refractivity contribution is 6.10. The molecule has 1 aliphatic carbocycles. The van der Waals surface area contributed by atoms with Crippen molar-refractivity contribution in [3.8, 4) is 0 Å². The summed E-state index contributed by atoms with van der Waals surface area (Å²) in [5.74, 6) is -2.24. The Morgan fingerprint density at radius 1 is 1.29 bits per heavy atom. The van der Waals surface area contributed by atoms with E-state index < -0.39 is 41.4 Å². The van der Waals surface area contributed by atoms with Crippen molar-refractivity contribution in [2.75, 3.05) is 0 Å². The van der Waals surface area contributed by atoms with Crippen molar-refractivity contribution in [1.82, 2.24) is 15.5 Å². The van der Waals surface area contributed by atoms with E-state index in [9.17, 15) is 19.2 Å². The Kier molecular flexibility index (Phi) is 3.89. The van der Waals surface area contributed by atoms with E-state index in [2.05, 4.69) is 10.6 Å². The maximum atomic E-state index is 12.5. The molecule has 1 aliphatic heterocycles. The summed E-state index contributed by atoms with van der Waals surface area (Å²) < 4.78 is 0. The standard InChI is InChI=1S/C13H19N3O5/c1-7(10(18)19)14-9(17)8(2)16-11(20)13(15-12(16)21)5-3-4-6-13/h7-8H,3-6H2,1-2H3,(H,14,17)(H,15,21)(H,18,19)/t7-,8?/m1/s1. The molecule has 0 aromatic heterocycles. The number of hydrogen-bond acceptors (Lipinski definition) is 4. The average molecular weight is 297 g/mol. The van der Waals surface area contributed by atoms with Crippen LogP contribution in [0.1, 0.15) is 39.5 Å². The topological polar surface area (TPSA) is 116 Å². The largest absolute Gasteiger partial charge is 0.480 e. The van der Waals surface area contributed by atoms with Gasteiger partial charge >= 0.3 is 12.0 Å². The minimum absolute atomic E-state index is 0.393. The second-order valence-electron chi connectivity index (χ2n) is 5.64. The molecule has 4 amide bonds. The zero-order valence-corrected chi connectivity index (χ0v) is 12.0. The van der Waals surface area contributed by atoms with Crippen molar-refractivity contribution in [1.29, 1.82) is 0 Å². The predicted octanol–water partition coefficient (Wildman–Crippen LogP) is -0.171. The number of nitrogens with one attached hydrogen (secondary N) is 2. The molecule has 8 heteroatoms. The van der Waals surface area contributed by atoms with Crippen LogP contribution in [0.3, 0.4) is 0 Å². The molecular formula is C13H19N3O5. The Bertz CT molecular complexity index is 498. The number of imide groups is 1. The van der Waals surface area contributed by atoms with Crippen LogP contribution in [0, 0.1) is 0 Å². The summed E-state index contributed by atoms with van der Waals surface area (Å²) in [4.78, 5) is 48.1. The lowest BCUT2D eigenvalue weighted by atomic mass is 9.97. The van der Waals surface area contributed by atoms with Gasteiger partial charge in [0, 0.05) is 0 Å². The molecule has 0 aromatic rings. The first-order valence-electron chi connectivity index (χ1n) is 6.97. The molecule has 0 bridgehead atoms. The van der Waals surface area contributed by atoms with Crippen LogP contribution in [-0.2, 0) is 14.4 Å². The third-order valence-corrected chi connectivity index (χ3v) is 4.15. The molecule has 1 heterocycles. The zero-order chi connectivity index (χ0) is 15.8. The van der Waals surface area contributed by atoms with Gasteiger partial charge in [-0.1, -0.05) is 12.8 Å². The van der Waals surface area contributed by atoms with Gasteiger partial charge in [0.05, 0.1) is 0 Å². The van der Waals surface area contributed by atoms with Crippen molar-refractivity contribution in [2.24, 2.45) is 0 Å². The van der Waals surface area contributed by atoms with Gasteiger partial charge in [0.25, 0.3) is 5.91 Å². The summed E-state index contributed by atoms with van der Waals surface area (Å²) in [6.45, 7) is 2.73. The molecular weight excluding hydrogens is 278 g/mol. The fourth-order valence-corrected chi connectivity index (χ4v) is 2.82. The summed E-state index contributed by atoms with van der Waals surface area (Å²) >= 11 is 0. The number of rotatable bonds is 4. The molecule has 0 aromatic carbocycles. The minimum Gasteiger partial charge on any atom is -0.480 e. The average Bonchev–Trinajstić information content (AvgIpc) is 2.96. The lowest BCUT2D eigenvalue weighted by molar-refractivity contribution is -0.143. The Morgan fingerprint density at radius 2 is 1.86 bits per heavy atom.